The van der Waals surface area contributed by atoms with Gasteiger partial charge in [-0.05, 0) is 19.3 Å². The zero-order valence-corrected chi connectivity index (χ0v) is 10.5. The highest BCUT2D eigenvalue weighted by Crippen LogP contribution is 2.35. The van der Waals surface area contributed by atoms with Crippen molar-refractivity contribution in [1.82, 2.24) is 0 Å². The van der Waals surface area contributed by atoms with E-state index in [1.54, 1.807) is 0 Å². The fourth-order valence-corrected chi connectivity index (χ4v) is 2.01. The van der Waals surface area contributed by atoms with Crippen LogP contribution in [0.1, 0.15) is 19.3 Å². The van der Waals surface area contributed by atoms with Gasteiger partial charge >= 0.3 is 5.69 Å². The van der Waals surface area contributed by atoms with E-state index in [4.69, 9.17) is 4.74 Å². The van der Waals surface area contributed by atoms with E-state index in [1.165, 1.54) is 13.2 Å². The molecule has 0 amide bonds. The Morgan fingerprint density at radius 2 is 2.26 bits per heavy atom. The van der Waals surface area contributed by atoms with Crippen LogP contribution in [0.4, 0.5) is 15.8 Å². The Balaban J connectivity index is 2.18. The number of rotatable bonds is 5. The Kier molecular flexibility index (Phi) is 3.57. The summed E-state index contributed by atoms with van der Waals surface area (Å²) in [7, 11) is 1.28. The number of anilines is 1. The van der Waals surface area contributed by atoms with Gasteiger partial charge in [0.1, 0.15) is 0 Å². The number of benzene rings is 1. The Morgan fingerprint density at radius 1 is 1.58 bits per heavy atom. The highest BCUT2D eigenvalue weighted by molar-refractivity contribution is 5.59. The summed E-state index contributed by atoms with van der Waals surface area (Å²) < 4.78 is 18.6. The predicted molar refractivity (Wildman–Crippen MR) is 66.9 cm³/mol. The first-order chi connectivity index (χ1) is 8.95. The summed E-state index contributed by atoms with van der Waals surface area (Å²) in [5, 5.41) is 23.4. The molecule has 0 atom stereocenters. The molecule has 0 heterocycles. The Hall–Kier alpha value is -1.89. The van der Waals surface area contributed by atoms with Crippen molar-refractivity contribution in [2.24, 2.45) is 0 Å². The highest BCUT2D eigenvalue weighted by atomic mass is 19.1. The van der Waals surface area contributed by atoms with Crippen molar-refractivity contribution in [1.29, 1.82) is 0 Å². The van der Waals surface area contributed by atoms with Gasteiger partial charge in [0.15, 0.2) is 11.6 Å². The molecule has 0 aliphatic heterocycles. The molecule has 1 aromatic rings. The van der Waals surface area contributed by atoms with Crippen LogP contribution in [0.3, 0.4) is 0 Å². The molecule has 0 aromatic heterocycles. The normalized spacial score (nSPS) is 16.6. The van der Waals surface area contributed by atoms with E-state index in [2.05, 4.69) is 5.32 Å². The van der Waals surface area contributed by atoms with Crippen LogP contribution in [0.2, 0.25) is 0 Å². The van der Waals surface area contributed by atoms with Crippen molar-refractivity contribution in [3.05, 3.63) is 28.1 Å². The maximum Gasteiger partial charge on any atom is 0.313 e. The van der Waals surface area contributed by atoms with Crippen LogP contribution in [0.25, 0.3) is 0 Å². The maximum absolute atomic E-state index is 13.7. The number of nitro benzene ring substituents is 1. The fourth-order valence-electron chi connectivity index (χ4n) is 2.01. The third kappa shape index (κ3) is 2.76. The number of ether oxygens (including phenoxy) is 1. The zero-order chi connectivity index (χ0) is 14.0. The molecule has 0 bridgehead atoms. The standard InChI is InChI=1S/C12H15FN2O4/c1-19-11-6-9(8(13)5-10(11)15(17)18)14-7-12(16)3-2-4-12/h5-6,14,16H,2-4,7H2,1H3. The van der Waals surface area contributed by atoms with E-state index >= 15 is 0 Å². The number of nitrogens with zero attached hydrogens (tertiary/aromatic N) is 1. The van der Waals surface area contributed by atoms with E-state index in [0.717, 1.165) is 12.5 Å². The second-order valence-corrected chi connectivity index (χ2v) is 4.69. The molecule has 7 heteroatoms. The van der Waals surface area contributed by atoms with Gasteiger partial charge in [-0.15, -0.1) is 0 Å². The lowest BCUT2D eigenvalue weighted by atomic mass is 9.80. The number of nitro groups is 1. The number of halogens is 1. The summed E-state index contributed by atoms with van der Waals surface area (Å²) >= 11 is 0. The topological polar surface area (TPSA) is 84.6 Å². The number of aliphatic hydroxyl groups is 1. The third-order valence-corrected chi connectivity index (χ3v) is 3.36. The smallest absolute Gasteiger partial charge is 0.313 e. The first-order valence-electron chi connectivity index (χ1n) is 5.93. The molecule has 2 rings (SSSR count). The molecule has 0 radical (unpaired) electrons. The van der Waals surface area contributed by atoms with Crippen molar-refractivity contribution >= 4 is 11.4 Å². The van der Waals surface area contributed by atoms with Crippen molar-refractivity contribution in [2.45, 2.75) is 24.9 Å². The van der Waals surface area contributed by atoms with Gasteiger partial charge in [0.25, 0.3) is 0 Å². The van der Waals surface area contributed by atoms with Crippen LogP contribution in [0.5, 0.6) is 5.75 Å². The third-order valence-electron chi connectivity index (χ3n) is 3.36. The Labute approximate surface area is 109 Å². The summed E-state index contributed by atoms with van der Waals surface area (Å²) in [6, 6.07) is 2.04. The lowest BCUT2D eigenvalue weighted by Crippen LogP contribution is -2.43. The number of nitrogens with one attached hydrogen (secondary N) is 1. The summed E-state index contributed by atoms with van der Waals surface area (Å²) in [6.07, 6.45) is 2.29. The summed E-state index contributed by atoms with van der Waals surface area (Å²) in [5.41, 5.74) is -1.14. The average Bonchev–Trinajstić information content (AvgIpc) is 2.34. The minimum Gasteiger partial charge on any atom is -0.490 e. The molecule has 0 spiro atoms. The van der Waals surface area contributed by atoms with Gasteiger partial charge in [0, 0.05) is 12.6 Å². The average molecular weight is 270 g/mol. The van der Waals surface area contributed by atoms with Gasteiger partial charge in [0.05, 0.1) is 29.4 Å². The van der Waals surface area contributed by atoms with Crippen LogP contribution < -0.4 is 10.1 Å². The van der Waals surface area contributed by atoms with E-state index in [1.807, 2.05) is 0 Å². The maximum atomic E-state index is 13.7. The highest BCUT2D eigenvalue weighted by Gasteiger charge is 2.34. The molecule has 1 aromatic carbocycles. The van der Waals surface area contributed by atoms with Gasteiger partial charge in [-0.25, -0.2) is 4.39 Å². The summed E-state index contributed by atoms with van der Waals surface area (Å²) in [6.45, 7) is 0.213. The summed E-state index contributed by atoms with van der Waals surface area (Å²) in [5.74, 6) is -0.759. The molecule has 2 N–H and O–H groups in total. The first-order valence-corrected chi connectivity index (χ1v) is 5.93. The molecule has 1 aliphatic carbocycles. The predicted octanol–water partition coefficient (Wildman–Crippen LogP) is 2.07. The van der Waals surface area contributed by atoms with Gasteiger partial charge < -0.3 is 15.2 Å². The van der Waals surface area contributed by atoms with Crippen LogP contribution in [-0.2, 0) is 0 Å². The second-order valence-electron chi connectivity index (χ2n) is 4.69. The lowest BCUT2D eigenvalue weighted by Gasteiger charge is -2.36. The van der Waals surface area contributed by atoms with Crippen molar-refractivity contribution in [3.8, 4) is 5.75 Å². The van der Waals surface area contributed by atoms with Crippen LogP contribution in [0, 0.1) is 15.9 Å². The van der Waals surface area contributed by atoms with Gasteiger partial charge in [0.2, 0.25) is 0 Å². The monoisotopic (exact) mass is 270 g/mol. The molecular weight excluding hydrogens is 255 g/mol. The van der Waals surface area contributed by atoms with Gasteiger partial charge in [-0.3, -0.25) is 10.1 Å². The SMILES string of the molecule is COc1cc(NCC2(O)CCC2)c(F)cc1[N+](=O)[O-]. The molecule has 104 valence electrons. The minimum atomic E-state index is -0.804. The largest absolute Gasteiger partial charge is 0.490 e. The van der Waals surface area contributed by atoms with E-state index in [-0.39, 0.29) is 18.0 Å². The van der Waals surface area contributed by atoms with E-state index < -0.39 is 22.0 Å². The molecule has 0 unspecified atom stereocenters. The van der Waals surface area contributed by atoms with E-state index in [0.29, 0.717) is 12.8 Å². The Morgan fingerprint density at radius 3 is 2.74 bits per heavy atom. The quantitative estimate of drug-likeness (QED) is 0.632. The molecule has 0 saturated heterocycles. The Bertz CT molecular complexity index is 503. The number of hydrogen-bond acceptors (Lipinski definition) is 5. The number of methoxy groups -OCH3 is 1. The van der Waals surface area contributed by atoms with Crippen LogP contribution >= 0.6 is 0 Å². The zero-order valence-electron chi connectivity index (χ0n) is 10.5. The molecular formula is C12H15FN2O4. The molecule has 19 heavy (non-hydrogen) atoms. The van der Waals surface area contributed by atoms with Gasteiger partial charge in [-0.1, -0.05) is 0 Å². The second kappa shape index (κ2) is 5.00. The summed E-state index contributed by atoms with van der Waals surface area (Å²) in [4.78, 5) is 10.0. The van der Waals surface area contributed by atoms with Crippen molar-refractivity contribution in [3.63, 3.8) is 0 Å². The van der Waals surface area contributed by atoms with E-state index in [9.17, 15) is 19.6 Å². The molecule has 1 saturated carbocycles. The minimum absolute atomic E-state index is 0.0190. The molecule has 1 aliphatic rings. The molecule has 6 nitrogen and oxygen atoms in total. The first kappa shape index (κ1) is 13.5. The fraction of sp³-hybridized carbons (Fsp3) is 0.500. The van der Waals surface area contributed by atoms with Crippen LogP contribution in [0.15, 0.2) is 12.1 Å². The lowest BCUT2D eigenvalue weighted by molar-refractivity contribution is -0.385. The van der Waals surface area contributed by atoms with Crippen LogP contribution in [-0.4, -0.2) is 29.3 Å². The number of hydrogen-bond donors (Lipinski definition) is 2. The van der Waals surface area contributed by atoms with Crippen molar-refractivity contribution in [2.75, 3.05) is 19.0 Å². The van der Waals surface area contributed by atoms with Gasteiger partial charge in [-0.2, -0.15) is 0 Å². The van der Waals surface area contributed by atoms with Crippen molar-refractivity contribution < 1.29 is 19.2 Å². The molecule has 1 fully saturated rings.